The van der Waals surface area contributed by atoms with E-state index in [0.717, 1.165) is 44.7 Å². The molecule has 0 N–H and O–H groups in total. The standard InChI is InChI=1S/C24H36N2O3/c1-3-13-25(2)14-7-4-8-17-28-20-11-15-26(16-12-20)19-21-18-23(27)22-9-5-6-10-24(22)29-21/h5-6,9-10,18,20H,3-4,7-8,11-17,19H2,1-2H3. The first-order chi connectivity index (χ1) is 14.2. The van der Waals surface area contributed by atoms with Gasteiger partial charge >= 0.3 is 0 Å². The van der Waals surface area contributed by atoms with E-state index < -0.39 is 0 Å². The lowest BCUT2D eigenvalue weighted by atomic mass is 10.1. The fourth-order valence-electron chi connectivity index (χ4n) is 4.09. The molecule has 1 aromatic heterocycles. The van der Waals surface area contributed by atoms with E-state index in [4.69, 9.17) is 9.15 Å². The summed E-state index contributed by atoms with van der Waals surface area (Å²) in [5.74, 6) is 0.751. The molecular weight excluding hydrogens is 364 g/mol. The summed E-state index contributed by atoms with van der Waals surface area (Å²) in [6.07, 6.45) is 7.36. The van der Waals surface area contributed by atoms with Crippen LogP contribution in [0.1, 0.15) is 51.2 Å². The molecule has 0 radical (unpaired) electrons. The number of para-hydroxylation sites is 1. The van der Waals surface area contributed by atoms with E-state index in [9.17, 15) is 4.79 Å². The lowest BCUT2D eigenvalue weighted by Crippen LogP contribution is -2.36. The van der Waals surface area contributed by atoms with Crippen LogP contribution in [0.5, 0.6) is 0 Å². The molecule has 160 valence electrons. The van der Waals surface area contributed by atoms with Crippen LogP contribution < -0.4 is 5.43 Å². The third kappa shape index (κ3) is 6.95. The van der Waals surface area contributed by atoms with Crippen LogP contribution in [-0.2, 0) is 11.3 Å². The van der Waals surface area contributed by atoms with Gasteiger partial charge in [0.2, 0.25) is 0 Å². The summed E-state index contributed by atoms with van der Waals surface area (Å²) in [7, 11) is 2.21. The Bertz CT molecular complexity index is 796. The average Bonchev–Trinajstić information content (AvgIpc) is 2.72. The number of fused-ring (bicyclic) bond motifs is 1. The minimum Gasteiger partial charge on any atom is -0.459 e. The Balaban J connectivity index is 1.33. The highest BCUT2D eigenvalue weighted by atomic mass is 16.5. The minimum atomic E-state index is 0.0426. The Morgan fingerprint density at radius 1 is 1.14 bits per heavy atom. The van der Waals surface area contributed by atoms with Gasteiger partial charge in [-0.2, -0.15) is 0 Å². The molecule has 0 atom stereocenters. The van der Waals surface area contributed by atoms with E-state index in [1.54, 1.807) is 6.07 Å². The van der Waals surface area contributed by atoms with Gasteiger partial charge in [-0.15, -0.1) is 0 Å². The number of rotatable bonds is 11. The maximum absolute atomic E-state index is 12.3. The Morgan fingerprint density at radius 3 is 2.72 bits per heavy atom. The normalized spacial score (nSPS) is 16.1. The molecule has 1 saturated heterocycles. The molecule has 0 unspecified atom stereocenters. The predicted molar refractivity (Wildman–Crippen MR) is 118 cm³/mol. The Hall–Kier alpha value is -1.69. The summed E-state index contributed by atoms with van der Waals surface area (Å²) in [6, 6.07) is 9.10. The minimum absolute atomic E-state index is 0.0426. The highest BCUT2D eigenvalue weighted by molar-refractivity contribution is 5.76. The van der Waals surface area contributed by atoms with Crippen molar-refractivity contribution in [3.8, 4) is 0 Å². The van der Waals surface area contributed by atoms with Crippen molar-refractivity contribution in [2.75, 3.05) is 39.8 Å². The maximum Gasteiger partial charge on any atom is 0.192 e. The highest BCUT2D eigenvalue weighted by Gasteiger charge is 2.20. The van der Waals surface area contributed by atoms with Gasteiger partial charge in [-0.3, -0.25) is 9.69 Å². The summed E-state index contributed by atoms with van der Waals surface area (Å²) in [5, 5.41) is 0.653. The predicted octanol–water partition coefficient (Wildman–Crippen LogP) is 4.29. The lowest BCUT2D eigenvalue weighted by Gasteiger charge is -2.31. The molecule has 5 heteroatoms. The second kappa shape index (κ2) is 11.5. The third-order valence-electron chi connectivity index (χ3n) is 5.74. The van der Waals surface area contributed by atoms with Crippen molar-refractivity contribution < 1.29 is 9.15 Å². The quantitative estimate of drug-likeness (QED) is 0.527. The SMILES string of the molecule is CCCN(C)CCCCCOC1CCN(Cc2cc(=O)c3ccccc3o2)CC1. The molecule has 1 aliphatic heterocycles. The van der Waals surface area contributed by atoms with Gasteiger partial charge in [0, 0.05) is 25.8 Å². The zero-order valence-electron chi connectivity index (χ0n) is 18.1. The number of hydrogen-bond donors (Lipinski definition) is 0. The van der Waals surface area contributed by atoms with Crippen molar-refractivity contribution in [3.05, 3.63) is 46.3 Å². The van der Waals surface area contributed by atoms with Crippen molar-refractivity contribution in [3.63, 3.8) is 0 Å². The van der Waals surface area contributed by atoms with E-state index >= 15 is 0 Å². The Morgan fingerprint density at radius 2 is 1.93 bits per heavy atom. The van der Waals surface area contributed by atoms with Crippen molar-refractivity contribution in [1.29, 1.82) is 0 Å². The molecular formula is C24H36N2O3. The molecule has 0 bridgehead atoms. The molecule has 1 aromatic carbocycles. The first-order valence-corrected chi connectivity index (χ1v) is 11.2. The van der Waals surface area contributed by atoms with Crippen LogP contribution in [0.25, 0.3) is 11.0 Å². The zero-order chi connectivity index (χ0) is 20.5. The highest BCUT2D eigenvalue weighted by Crippen LogP contribution is 2.18. The Labute approximate surface area is 174 Å². The summed E-state index contributed by atoms with van der Waals surface area (Å²) >= 11 is 0. The lowest BCUT2D eigenvalue weighted by molar-refractivity contribution is 0.00304. The van der Waals surface area contributed by atoms with Gasteiger partial charge in [0.15, 0.2) is 5.43 Å². The van der Waals surface area contributed by atoms with E-state index in [0.29, 0.717) is 23.6 Å². The molecule has 0 aliphatic carbocycles. The van der Waals surface area contributed by atoms with Crippen molar-refractivity contribution in [1.82, 2.24) is 9.80 Å². The second-order valence-electron chi connectivity index (χ2n) is 8.28. The van der Waals surface area contributed by atoms with E-state index in [-0.39, 0.29) is 5.43 Å². The fourth-order valence-corrected chi connectivity index (χ4v) is 4.09. The monoisotopic (exact) mass is 400 g/mol. The molecule has 0 saturated carbocycles. The smallest absolute Gasteiger partial charge is 0.192 e. The van der Waals surface area contributed by atoms with Gasteiger partial charge in [-0.05, 0) is 70.8 Å². The van der Waals surface area contributed by atoms with Crippen LogP contribution in [-0.4, -0.2) is 55.7 Å². The number of nitrogens with zero attached hydrogens (tertiary/aromatic N) is 2. The molecule has 2 heterocycles. The summed E-state index contributed by atoms with van der Waals surface area (Å²) in [6.45, 7) is 8.16. The summed E-state index contributed by atoms with van der Waals surface area (Å²) in [5.41, 5.74) is 0.718. The van der Waals surface area contributed by atoms with Crippen LogP contribution in [0.15, 0.2) is 39.5 Å². The molecule has 0 spiro atoms. The van der Waals surface area contributed by atoms with Gasteiger partial charge in [-0.1, -0.05) is 19.1 Å². The van der Waals surface area contributed by atoms with Crippen LogP contribution in [0.2, 0.25) is 0 Å². The fraction of sp³-hybridized carbons (Fsp3) is 0.625. The van der Waals surface area contributed by atoms with Crippen LogP contribution in [0.4, 0.5) is 0 Å². The largest absolute Gasteiger partial charge is 0.459 e. The average molecular weight is 401 g/mol. The zero-order valence-corrected chi connectivity index (χ0v) is 18.1. The van der Waals surface area contributed by atoms with E-state index in [1.807, 2.05) is 24.3 Å². The van der Waals surface area contributed by atoms with Gasteiger partial charge in [0.1, 0.15) is 11.3 Å². The van der Waals surface area contributed by atoms with Crippen LogP contribution in [0, 0.1) is 0 Å². The van der Waals surface area contributed by atoms with Crippen LogP contribution >= 0.6 is 0 Å². The molecule has 1 aliphatic rings. The van der Waals surface area contributed by atoms with Crippen LogP contribution in [0.3, 0.4) is 0 Å². The van der Waals surface area contributed by atoms with Gasteiger partial charge in [0.25, 0.3) is 0 Å². The maximum atomic E-state index is 12.3. The number of unbranched alkanes of at least 4 members (excludes halogenated alkanes) is 2. The van der Waals surface area contributed by atoms with Gasteiger partial charge in [-0.25, -0.2) is 0 Å². The molecule has 0 amide bonds. The molecule has 3 rings (SSSR count). The topological polar surface area (TPSA) is 45.9 Å². The summed E-state index contributed by atoms with van der Waals surface area (Å²) in [4.78, 5) is 17.0. The van der Waals surface area contributed by atoms with Crippen molar-refractivity contribution in [2.24, 2.45) is 0 Å². The number of hydrogen-bond acceptors (Lipinski definition) is 5. The molecule has 1 fully saturated rings. The Kier molecular flexibility index (Phi) is 8.71. The van der Waals surface area contributed by atoms with Crippen molar-refractivity contribution in [2.45, 2.75) is 58.1 Å². The van der Waals surface area contributed by atoms with E-state index in [2.05, 4.69) is 23.8 Å². The number of likely N-dealkylation sites (tertiary alicyclic amines) is 1. The second-order valence-corrected chi connectivity index (χ2v) is 8.28. The van der Waals surface area contributed by atoms with Gasteiger partial charge < -0.3 is 14.1 Å². The number of benzene rings is 1. The molecule has 2 aromatic rings. The third-order valence-corrected chi connectivity index (χ3v) is 5.74. The first-order valence-electron chi connectivity index (χ1n) is 11.2. The van der Waals surface area contributed by atoms with Crippen molar-refractivity contribution >= 4 is 11.0 Å². The number of ether oxygens (including phenoxy) is 1. The van der Waals surface area contributed by atoms with E-state index in [1.165, 1.54) is 32.4 Å². The number of piperidine rings is 1. The van der Waals surface area contributed by atoms with Gasteiger partial charge in [0.05, 0.1) is 18.0 Å². The first kappa shape index (κ1) is 22.0. The summed E-state index contributed by atoms with van der Waals surface area (Å²) < 4.78 is 12.0. The molecule has 29 heavy (non-hydrogen) atoms. The molecule has 5 nitrogen and oxygen atoms in total.